The van der Waals surface area contributed by atoms with Crippen LogP contribution >= 0.6 is 11.3 Å². The number of hydrogen-bond acceptors (Lipinski definition) is 4. The normalized spacial score (nSPS) is 14.2. The van der Waals surface area contributed by atoms with E-state index in [1.165, 1.54) is 36.1 Å². The molecule has 1 amide bonds. The molecule has 1 N–H and O–H groups in total. The van der Waals surface area contributed by atoms with Gasteiger partial charge in [-0.25, -0.2) is 0 Å². The van der Waals surface area contributed by atoms with Crippen LogP contribution in [0.2, 0.25) is 0 Å². The van der Waals surface area contributed by atoms with Gasteiger partial charge in [0, 0.05) is 10.9 Å². The molecule has 2 aromatic rings. The van der Waals surface area contributed by atoms with Gasteiger partial charge in [-0.05, 0) is 49.4 Å². The second-order valence-electron chi connectivity index (χ2n) is 5.99. The van der Waals surface area contributed by atoms with E-state index in [9.17, 15) is 4.79 Å². The highest BCUT2D eigenvalue weighted by molar-refractivity contribution is 7.14. The molecule has 1 heterocycles. The minimum absolute atomic E-state index is 0.0849. The average Bonchev–Trinajstić information content (AvgIpc) is 2.97. The maximum Gasteiger partial charge on any atom is 0.265 e. The summed E-state index contributed by atoms with van der Waals surface area (Å²) in [6.07, 6.45) is 7.20. The summed E-state index contributed by atoms with van der Waals surface area (Å²) in [4.78, 5) is 14.8. The van der Waals surface area contributed by atoms with E-state index in [0.717, 1.165) is 17.7 Å². The Labute approximate surface area is 146 Å². The third-order valence-corrected chi connectivity index (χ3v) is 5.61. The lowest BCUT2D eigenvalue weighted by Crippen LogP contribution is -2.11. The number of anilines is 1. The van der Waals surface area contributed by atoms with E-state index in [1.54, 1.807) is 37.7 Å². The molecule has 0 aliphatic heterocycles. The Morgan fingerprint density at radius 3 is 2.58 bits per heavy atom. The van der Waals surface area contributed by atoms with Gasteiger partial charge in [0.15, 0.2) is 0 Å². The van der Waals surface area contributed by atoms with E-state index in [4.69, 9.17) is 9.47 Å². The Morgan fingerprint density at radius 1 is 1.04 bits per heavy atom. The second kappa shape index (κ2) is 7.71. The Bertz CT molecular complexity index is 698. The number of amides is 1. The molecule has 0 fully saturated rings. The van der Waals surface area contributed by atoms with Gasteiger partial charge < -0.3 is 14.8 Å². The number of carbonyl (C=O) groups excluding carboxylic acids is 1. The predicted molar refractivity (Wildman–Crippen MR) is 97.7 cm³/mol. The molecule has 0 unspecified atom stereocenters. The third kappa shape index (κ3) is 3.73. The molecule has 0 spiro atoms. The first-order valence-corrected chi connectivity index (χ1v) is 9.18. The Balaban J connectivity index is 1.81. The fraction of sp³-hybridized carbons (Fsp3) is 0.421. The first-order chi connectivity index (χ1) is 11.7. The van der Waals surface area contributed by atoms with Crippen LogP contribution in [0.1, 0.15) is 45.8 Å². The van der Waals surface area contributed by atoms with E-state index < -0.39 is 0 Å². The number of rotatable bonds is 4. The van der Waals surface area contributed by atoms with E-state index in [-0.39, 0.29) is 5.91 Å². The van der Waals surface area contributed by atoms with Crippen molar-refractivity contribution >= 4 is 22.9 Å². The number of fused-ring (bicyclic) bond motifs is 1. The summed E-state index contributed by atoms with van der Waals surface area (Å²) in [5.41, 5.74) is 1.98. The molecule has 128 valence electrons. The maximum atomic E-state index is 12.7. The zero-order valence-electron chi connectivity index (χ0n) is 14.2. The quantitative estimate of drug-likeness (QED) is 0.875. The van der Waals surface area contributed by atoms with Crippen LogP contribution in [-0.2, 0) is 12.8 Å². The zero-order chi connectivity index (χ0) is 16.9. The molecule has 1 aliphatic rings. The van der Waals surface area contributed by atoms with Gasteiger partial charge in [-0.1, -0.05) is 12.8 Å². The van der Waals surface area contributed by atoms with Crippen molar-refractivity contribution in [3.63, 3.8) is 0 Å². The molecule has 4 nitrogen and oxygen atoms in total. The van der Waals surface area contributed by atoms with Crippen molar-refractivity contribution in [1.82, 2.24) is 0 Å². The number of benzene rings is 1. The summed E-state index contributed by atoms with van der Waals surface area (Å²) >= 11 is 1.62. The van der Waals surface area contributed by atoms with Crippen LogP contribution < -0.4 is 14.8 Å². The fourth-order valence-corrected chi connectivity index (χ4v) is 4.20. The van der Waals surface area contributed by atoms with Gasteiger partial charge in [-0.3, -0.25) is 4.79 Å². The molecule has 1 aliphatic carbocycles. The minimum atomic E-state index is -0.0849. The van der Waals surface area contributed by atoms with Crippen LogP contribution in [-0.4, -0.2) is 20.1 Å². The number of thiophene rings is 1. The topological polar surface area (TPSA) is 47.6 Å². The highest BCUT2D eigenvalue weighted by Gasteiger charge is 2.17. The number of ether oxygens (including phenoxy) is 2. The van der Waals surface area contributed by atoms with Gasteiger partial charge in [0.25, 0.3) is 5.91 Å². The van der Waals surface area contributed by atoms with Gasteiger partial charge in [0.1, 0.15) is 11.5 Å². The number of methoxy groups -OCH3 is 2. The molecule has 0 bridgehead atoms. The van der Waals surface area contributed by atoms with E-state index in [1.807, 2.05) is 6.07 Å². The highest BCUT2D eigenvalue weighted by atomic mass is 32.1. The van der Waals surface area contributed by atoms with Gasteiger partial charge in [-0.15, -0.1) is 11.3 Å². The smallest absolute Gasteiger partial charge is 0.265 e. The first kappa shape index (κ1) is 16.8. The molecule has 0 saturated carbocycles. The maximum absolute atomic E-state index is 12.7. The van der Waals surface area contributed by atoms with Gasteiger partial charge in [-0.2, -0.15) is 0 Å². The highest BCUT2D eigenvalue weighted by Crippen LogP contribution is 2.32. The monoisotopic (exact) mass is 345 g/mol. The van der Waals surface area contributed by atoms with Crippen molar-refractivity contribution in [3.8, 4) is 11.5 Å². The molecular weight excluding hydrogens is 322 g/mol. The molecule has 0 saturated heterocycles. The standard InChI is InChI=1S/C19H23NO3S/c1-22-14-9-10-16(23-2)15(12-14)20-19(21)18-11-13-7-5-3-4-6-8-17(13)24-18/h9-12H,3-8H2,1-2H3,(H,20,21). The van der Waals surface area contributed by atoms with Crippen molar-refractivity contribution in [2.24, 2.45) is 0 Å². The SMILES string of the molecule is COc1ccc(OC)c(NC(=O)c2cc3c(s2)CCCCCC3)c1. The molecule has 3 rings (SSSR count). The molecule has 24 heavy (non-hydrogen) atoms. The summed E-state index contributed by atoms with van der Waals surface area (Å²) < 4.78 is 10.6. The Morgan fingerprint density at radius 2 is 1.83 bits per heavy atom. The largest absolute Gasteiger partial charge is 0.497 e. The van der Waals surface area contributed by atoms with Crippen LogP contribution in [0.3, 0.4) is 0 Å². The molecular formula is C19H23NO3S. The number of hydrogen-bond donors (Lipinski definition) is 1. The van der Waals surface area contributed by atoms with Crippen LogP contribution in [0.5, 0.6) is 11.5 Å². The van der Waals surface area contributed by atoms with Crippen molar-refractivity contribution < 1.29 is 14.3 Å². The fourth-order valence-electron chi connectivity index (χ4n) is 3.05. The van der Waals surface area contributed by atoms with Gasteiger partial charge in [0.2, 0.25) is 0 Å². The van der Waals surface area contributed by atoms with Crippen LogP contribution in [0.4, 0.5) is 5.69 Å². The summed E-state index contributed by atoms with van der Waals surface area (Å²) in [5, 5.41) is 2.96. The van der Waals surface area contributed by atoms with Gasteiger partial charge in [0.05, 0.1) is 24.8 Å². The van der Waals surface area contributed by atoms with Crippen molar-refractivity contribution in [2.75, 3.05) is 19.5 Å². The third-order valence-electron chi connectivity index (χ3n) is 4.38. The van der Waals surface area contributed by atoms with Crippen LogP contribution in [0, 0.1) is 0 Å². The van der Waals surface area contributed by atoms with E-state index >= 15 is 0 Å². The second-order valence-corrected chi connectivity index (χ2v) is 7.13. The van der Waals surface area contributed by atoms with Crippen LogP contribution in [0.15, 0.2) is 24.3 Å². The first-order valence-electron chi connectivity index (χ1n) is 8.36. The minimum Gasteiger partial charge on any atom is -0.497 e. The van der Waals surface area contributed by atoms with Crippen molar-refractivity contribution in [1.29, 1.82) is 0 Å². The lowest BCUT2D eigenvalue weighted by atomic mass is 10.00. The van der Waals surface area contributed by atoms with E-state index in [0.29, 0.717) is 17.2 Å². The molecule has 1 aromatic carbocycles. The molecule has 0 radical (unpaired) electrons. The summed E-state index contributed by atoms with van der Waals surface area (Å²) in [6.45, 7) is 0. The number of carbonyl (C=O) groups is 1. The predicted octanol–water partition coefficient (Wildman–Crippen LogP) is 4.68. The molecule has 5 heteroatoms. The van der Waals surface area contributed by atoms with Crippen molar-refractivity contribution in [3.05, 3.63) is 39.6 Å². The number of nitrogens with one attached hydrogen (secondary N) is 1. The lowest BCUT2D eigenvalue weighted by Gasteiger charge is -2.11. The van der Waals surface area contributed by atoms with Crippen LogP contribution in [0.25, 0.3) is 0 Å². The zero-order valence-corrected chi connectivity index (χ0v) is 15.0. The number of aryl methyl sites for hydroxylation is 2. The van der Waals surface area contributed by atoms with E-state index in [2.05, 4.69) is 11.4 Å². The Hall–Kier alpha value is -2.01. The summed E-state index contributed by atoms with van der Waals surface area (Å²) in [7, 11) is 3.20. The summed E-state index contributed by atoms with van der Waals surface area (Å²) in [5.74, 6) is 1.22. The summed E-state index contributed by atoms with van der Waals surface area (Å²) in [6, 6.07) is 7.45. The lowest BCUT2D eigenvalue weighted by molar-refractivity contribution is 0.103. The Kier molecular flexibility index (Phi) is 5.41. The van der Waals surface area contributed by atoms with Crippen molar-refractivity contribution in [2.45, 2.75) is 38.5 Å². The molecule has 1 aromatic heterocycles. The average molecular weight is 345 g/mol. The molecule has 0 atom stereocenters. The van der Waals surface area contributed by atoms with Gasteiger partial charge >= 0.3 is 0 Å².